The number of halogens is 1. The topological polar surface area (TPSA) is 23.6 Å². The summed E-state index contributed by atoms with van der Waals surface area (Å²) in [6.45, 7) is 3.41. The fourth-order valence-corrected chi connectivity index (χ4v) is 2.96. The third kappa shape index (κ3) is 2.79. The van der Waals surface area contributed by atoms with Gasteiger partial charge in [-0.3, -0.25) is 4.79 Å². The number of rotatable bonds is 2. The smallest absolute Gasteiger partial charge is 0.225 e. The third-order valence-electron chi connectivity index (χ3n) is 4.45. The molecule has 108 valence electrons. The van der Waals surface area contributed by atoms with Crippen molar-refractivity contribution < 1.29 is 9.18 Å². The van der Waals surface area contributed by atoms with Gasteiger partial charge in [-0.05, 0) is 43.5 Å². The van der Waals surface area contributed by atoms with Crippen molar-refractivity contribution in [1.82, 2.24) is 4.90 Å². The first kappa shape index (κ1) is 13.4. The Kier molecular flexibility index (Phi) is 3.90. The number of nitrogens with zero attached hydrogens (tertiary/aromatic N) is 2. The minimum Gasteiger partial charge on any atom is -0.370 e. The van der Waals surface area contributed by atoms with Gasteiger partial charge in [0.15, 0.2) is 0 Å². The lowest BCUT2D eigenvalue weighted by molar-refractivity contribution is -0.137. The molecule has 2 aliphatic rings. The van der Waals surface area contributed by atoms with E-state index in [9.17, 15) is 9.18 Å². The molecule has 0 N–H and O–H groups in total. The zero-order valence-corrected chi connectivity index (χ0v) is 11.7. The Morgan fingerprint density at radius 1 is 1.00 bits per heavy atom. The number of carbonyl (C=O) groups is 1. The van der Waals surface area contributed by atoms with Crippen LogP contribution in [-0.4, -0.2) is 37.0 Å². The van der Waals surface area contributed by atoms with Crippen molar-refractivity contribution in [2.75, 3.05) is 31.1 Å². The lowest BCUT2D eigenvalue weighted by Crippen LogP contribution is -2.41. The van der Waals surface area contributed by atoms with Gasteiger partial charge in [0.05, 0.1) is 0 Å². The van der Waals surface area contributed by atoms with Gasteiger partial charge in [0.25, 0.3) is 0 Å². The Hall–Kier alpha value is -1.58. The third-order valence-corrected chi connectivity index (χ3v) is 4.45. The van der Waals surface area contributed by atoms with Crippen molar-refractivity contribution in [3.63, 3.8) is 0 Å². The quantitative estimate of drug-likeness (QED) is 0.829. The van der Waals surface area contributed by atoms with Crippen LogP contribution >= 0.6 is 0 Å². The summed E-state index contributed by atoms with van der Waals surface area (Å²) in [6, 6.07) is 6.63. The van der Waals surface area contributed by atoms with Crippen LogP contribution in [0.3, 0.4) is 0 Å². The molecule has 1 aliphatic carbocycles. The standard InChI is InChI=1S/C16H21FN2O/c17-14-5-7-15(8-6-14)18-9-2-10-19(12-11-18)16(20)13-3-1-4-13/h5-8,13H,1-4,9-12H2. The molecule has 0 spiro atoms. The molecule has 1 saturated heterocycles. The first-order chi connectivity index (χ1) is 9.74. The molecule has 4 heteroatoms. The number of amides is 1. The normalized spacial score (nSPS) is 20.4. The van der Waals surface area contributed by atoms with Gasteiger partial charge in [0, 0.05) is 37.8 Å². The molecular formula is C16H21FN2O. The Morgan fingerprint density at radius 2 is 1.75 bits per heavy atom. The summed E-state index contributed by atoms with van der Waals surface area (Å²) >= 11 is 0. The molecule has 3 nitrogen and oxygen atoms in total. The van der Waals surface area contributed by atoms with Crippen molar-refractivity contribution in [2.24, 2.45) is 5.92 Å². The molecule has 1 aromatic carbocycles. The molecule has 1 heterocycles. The van der Waals surface area contributed by atoms with Gasteiger partial charge in [-0.1, -0.05) is 6.42 Å². The average molecular weight is 276 g/mol. The van der Waals surface area contributed by atoms with E-state index in [2.05, 4.69) is 4.90 Å². The first-order valence-corrected chi connectivity index (χ1v) is 7.53. The molecule has 0 unspecified atom stereocenters. The molecule has 0 aromatic heterocycles. The highest BCUT2D eigenvalue weighted by Crippen LogP contribution is 2.28. The van der Waals surface area contributed by atoms with E-state index in [-0.39, 0.29) is 11.7 Å². The van der Waals surface area contributed by atoms with Gasteiger partial charge >= 0.3 is 0 Å². The van der Waals surface area contributed by atoms with Crippen LogP contribution < -0.4 is 4.90 Å². The van der Waals surface area contributed by atoms with E-state index in [1.807, 2.05) is 17.0 Å². The summed E-state index contributed by atoms with van der Waals surface area (Å²) in [5.74, 6) is 0.426. The molecule has 0 atom stereocenters. The monoisotopic (exact) mass is 276 g/mol. The average Bonchev–Trinajstić information content (AvgIpc) is 2.63. The lowest BCUT2D eigenvalue weighted by atomic mass is 9.84. The van der Waals surface area contributed by atoms with E-state index >= 15 is 0 Å². The first-order valence-electron chi connectivity index (χ1n) is 7.53. The summed E-state index contributed by atoms with van der Waals surface area (Å²) in [7, 11) is 0. The van der Waals surface area contributed by atoms with Gasteiger partial charge in [0.2, 0.25) is 5.91 Å². The molecule has 0 bridgehead atoms. The Bertz CT molecular complexity index is 470. The van der Waals surface area contributed by atoms with Crippen molar-refractivity contribution in [3.05, 3.63) is 30.1 Å². The highest BCUT2D eigenvalue weighted by molar-refractivity contribution is 5.79. The van der Waals surface area contributed by atoms with E-state index < -0.39 is 0 Å². The van der Waals surface area contributed by atoms with Crippen molar-refractivity contribution >= 4 is 11.6 Å². The molecule has 1 amide bonds. The van der Waals surface area contributed by atoms with Crippen LogP contribution in [0.2, 0.25) is 0 Å². The molecular weight excluding hydrogens is 255 g/mol. The van der Waals surface area contributed by atoms with Crippen molar-refractivity contribution in [1.29, 1.82) is 0 Å². The number of hydrogen-bond acceptors (Lipinski definition) is 2. The SMILES string of the molecule is O=C(C1CCC1)N1CCCN(c2ccc(F)cc2)CC1. The maximum Gasteiger partial charge on any atom is 0.225 e. The molecule has 1 aliphatic heterocycles. The number of benzene rings is 1. The van der Waals surface area contributed by atoms with E-state index in [1.165, 1.54) is 18.6 Å². The predicted molar refractivity (Wildman–Crippen MR) is 77.2 cm³/mol. The molecule has 2 fully saturated rings. The molecule has 0 radical (unpaired) electrons. The van der Waals surface area contributed by atoms with Gasteiger partial charge in [-0.25, -0.2) is 4.39 Å². The molecule has 1 aromatic rings. The summed E-state index contributed by atoms with van der Waals surface area (Å²) in [5, 5.41) is 0. The molecule has 20 heavy (non-hydrogen) atoms. The van der Waals surface area contributed by atoms with Gasteiger partial charge < -0.3 is 9.80 Å². The second kappa shape index (κ2) is 5.81. The van der Waals surface area contributed by atoms with Crippen LogP contribution in [0.25, 0.3) is 0 Å². The maximum absolute atomic E-state index is 13.0. The zero-order valence-electron chi connectivity index (χ0n) is 11.7. The van der Waals surface area contributed by atoms with Crippen LogP contribution in [0.5, 0.6) is 0 Å². The van der Waals surface area contributed by atoms with Crippen LogP contribution in [0.4, 0.5) is 10.1 Å². The van der Waals surface area contributed by atoms with Crippen LogP contribution in [0, 0.1) is 11.7 Å². The van der Waals surface area contributed by atoms with E-state index in [1.54, 1.807) is 0 Å². The largest absolute Gasteiger partial charge is 0.370 e. The molecule has 1 saturated carbocycles. The van der Waals surface area contributed by atoms with Gasteiger partial charge in [-0.2, -0.15) is 0 Å². The minimum absolute atomic E-state index is 0.203. The summed E-state index contributed by atoms with van der Waals surface area (Å²) < 4.78 is 13.0. The Balaban J connectivity index is 1.61. The van der Waals surface area contributed by atoms with E-state index in [4.69, 9.17) is 0 Å². The number of anilines is 1. The number of hydrogen-bond donors (Lipinski definition) is 0. The second-order valence-corrected chi connectivity index (χ2v) is 5.77. The highest BCUT2D eigenvalue weighted by atomic mass is 19.1. The highest BCUT2D eigenvalue weighted by Gasteiger charge is 2.30. The van der Waals surface area contributed by atoms with E-state index in [0.29, 0.717) is 5.91 Å². The predicted octanol–water partition coefficient (Wildman–Crippen LogP) is 2.66. The van der Waals surface area contributed by atoms with Crippen LogP contribution in [0.1, 0.15) is 25.7 Å². The number of carbonyl (C=O) groups excluding carboxylic acids is 1. The van der Waals surface area contributed by atoms with Crippen LogP contribution in [0.15, 0.2) is 24.3 Å². The Labute approximate surface area is 119 Å². The van der Waals surface area contributed by atoms with Crippen LogP contribution in [-0.2, 0) is 4.79 Å². The van der Waals surface area contributed by atoms with Gasteiger partial charge in [0.1, 0.15) is 5.82 Å². The summed E-state index contributed by atoms with van der Waals surface area (Å²) in [4.78, 5) is 16.5. The fourth-order valence-electron chi connectivity index (χ4n) is 2.96. The zero-order chi connectivity index (χ0) is 13.9. The molecule has 3 rings (SSSR count). The lowest BCUT2D eigenvalue weighted by Gasteiger charge is -2.31. The van der Waals surface area contributed by atoms with Crippen molar-refractivity contribution in [3.8, 4) is 0 Å². The van der Waals surface area contributed by atoms with Gasteiger partial charge in [-0.15, -0.1) is 0 Å². The van der Waals surface area contributed by atoms with E-state index in [0.717, 1.165) is 51.1 Å². The Morgan fingerprint density at radius 3 is 2.40 bits per heavy atom. The summed E-state index contributed by atoms with van der Waals surface area (Å²) in [5.41, 5.74) is 1.05. The maximum atomic E-state index is 13.0. The second-order valence-electron chi connectivity index (χ2n) is 5.77. The summed E-state index contributed by atoms with van der Waals surface area (Å²) in [6.07, 6.45) is 4.32. The minimum atomic E-state index is -0.203. The van der Waals surface area contributed by atoms with Crippen molar-refractivity contribution in [2.45, 2.75) is 25.7 Å². The fraction of sp³-hybridized carbons (Fsp3) is 0.562.